The topological polar surface area (TPSA) is 102 Å². The highest BCUT2D eigenvalue weighted by molar-refractivity contribution is 8.32. The van der Waals surface area contributed by atoms with Crippen LogP contribution in [0.1, 0.15) is 23.6 Å². The zero-order chi connectivity index (χ0) is 24.8. The average molecular weight is 499 g/mol. The Morgan fingerprint density at radius 2 is 1.67 bits per heavy atom. The van der Waals surface area contributed by atoms with Crippen LogP contribution in [0.4, 0.5) is 10.1 Å². The van der Waals surface area contributed by atoms with Gasteiger partial charge in [-0.15, -0.1) is 0 Å². The van der Waals surface area contributed by atoms with Crippen molar-refractivity contribution in [2.45, 2.75) is 24.0 Å². The molecule has 2 aromatic rings. The number of carbonyl (C=O) groups excluding carboxylic acids is 2. The monoisotopic (exact) mass is 498 g/mol. The van der Waals surface area contributed by atoms with Gasteiger partial charge in [-0.05, 0) is 48.1 Å². The molecule has 2 amide bonds. The molecule has 0 aromatic heterocycles. The van der Waals surface area contributed by atoms with Gasteiger partial charge in [0.05, 0.1) is 12.4 Å². The molecule has 0 heterocycles. The number of carbonyl (C=O) groups is 2. The molecule has 0 fully saturated rings. The summed E-state index contributed by atoms with van der Waals surface area (Å²) in [5.41, 5.74) is 1.64. The zero-order valence-electron chi connectivity index (χ0n) is 19.5. The van der Waals surface area contributed by atoms with E-state index in [1.807, 2.05) is 18.8 Å². The first-order valence-corrected chi connectivity index (χ1v) is 15.1. The van der Waals surface area contributed by atoms with Crippen LogP contribution >= 0.6 is 10.0 Å². The second-order valence-electron chi connectivity index (χ2n) is 8.53. The Bertz CT molecular complexity index is 1100. The van der Waals surface area contributed by atoms with Gasteiger partial charge >= 0.3 is 0 Å². The maximum absolute atomic E-state index is 14.6. The molecule has 0 spiro atoms. The molecule has 7 nitrogen and oxygen atoms in total. The molecule has 0 radical (unpaired) electrons. The minimum Gasteiger partial charge on any atom is -0.380 e. The summed E-state index contributed by atoms with van der Waals surface area (Å²) in [4.78, 5) is 26.0. The van der Waals surface area contributed by atoms with E-state index in [4.69, 9.17) is 4.74 Å². The van der Waals surface area contributed by atoms with E-state index in [0.29, 0.717) is 17.1 Å². The second kappa shape index (κ2) is 11.1. The van der Waals surface area contributed by atoms with Crippen molar-refractivity contribution in [1.29, 1.82) is 0 Å². The molecule has 0 unspecified atom stereocenters. The fourth-order valence-electron chi connectivity index (χ4n) is 3.07. The van der Waals surface area contributed by atoms with E-state index in [1.54, 1.807) is 43.5 Å². The number of sulfone groups is 1. The van der Waals surface area contributed by atoms with Crippen molar-refractivity contribution in [3.8, 4) is 0 Å². The van der Waals surface area contributed by atoms with Crippen molar-refractivity contribution in [1.82, 2.24) is 5.32 Å². The fraction of sp³-hybridized carbons (Fsp3) is 0.391. The van der Waals surface area contributed by atoms with E-state index in [2.05, 4.69) is 10.6 Å². The summed E-state index contributed by atoms with van der Waals surface area (Å²) in [6, 6.07) is 10.3. The first-order chi connectivity index (χ1) is 15.3. The van der Waals surface area contributed by atoms with Crippen LogP contribution in [0.5, 0.6) is 0 Å². The van der Waals surface area contributed by atoms with Gasteiger partial charge in [0.1, 0.15) is 21.7 Å². The lowest BCUT2D eigenvalue weighted by atomic mass is 10.0. The fourth-order valence-corrected chi connectivity index (χ4v) is 4.75. The Kier molecular flexibility index (Phi) is 9.04. The number of halogens is 1. The molecule has 10 heteroatoms. The van der Waals surface area contributed by atoms with Crippen molar-refractivity contribution in [2.75, 3.05) is 43.2 Å². The van der Waals surface area contributed by atoms with Crippen LogP contribution in [0.25, 0.3) is 0 Å². The number of methoxy groups -OCH3 is 1. The standard InChI is InChI=1S/C23H31FN2O5S2/c1-31-15-16-6-8-17(9-7-16)22(26-21(27)12-13-33(5,29)30)23(28)25-18-10-11-20(19(24)14-18)32(2,3)4/h6-11,14,22H,12-13,15H2,1-5H3,(H,25,28)(H,26,27)/t22-/m1/s1. The Labute approximate surface area is 196 Å². The van der Waals surface area contributed by atoms with Crippen LogP contribution < -0.4 is 10.6 Å². The zero-order valence-corrected chi connectivity index (χ0v) is 21.1. The molecule has 0 saturated heterocycles. The Balaban J connectivity index is 2.27. The van der Waals surface area contributed by atoms with Crippen LogP contribution in [0.2, 0.25) is 0 Å². The molecular weight excluding hydrogens is 467 g/mol. The molecule has 0 bridgehead atoms. The van der Waals surface area contributed by atoms with Gasteiger partial charge in [0.15, 0.2) is 0 Å². The molecule has 1 atom stereocenters. The minimum atomic E-state index is -3.34. The van der Waals surface area contributed by atoms with Crippen LogP contribution in [0.15, 0.2) is 47.4 Å². The van der Waals surface area contributed by atoms with Crippen molar-refractivity contribution in [3.05, 3.63) is 59.4 Å². The van der Waals surface area contributed by atoms with E-state index in [-0.39, 0.29) is 17.9 Å². The predicted octanol–water partition coefficient (Wildman–Crippen LogP) is 3.26. The summed E-state index contributed by atoms with van der Waals surface area (Å²) < 4.78 is 42.5. The number of hydrogen-bond acceptors (Lipinski definition) is 5. The third kappa shape index (κ3) is 8.45. The number of nitrogens with one attached hydrogen (secondary N) is 2. The average Bonchev–Trinajstić information content (AvgIpc) is 2.70. The summed E-state index contributed by atoms with van der Waals surface area (Å²) >= 11 is 0. The number of rotatable bonds is 10. The quantitative estimate of drug-likeness (QED) is 0.524. The third-order valence-electron chi connectivity index (χ3n) is 4.75. The van der Waals surface area contributed by atoms with Crippen molar-refractivity contribution in [2.24, 2.45) is 0 Å². The highest BCUT2D eigenvalue weighted by atomic mass is 32.3. The van der Waals surface area contributed by atoms with Crippen molar-refractivity contribution < 1.29 is 27.1 Å². The van der Waals surface area contributed by atoms with Gasteiger partial charge in [-0.1, -0.05) is 24.3 Å². The van der Waals surface area contributed by atoms with Crippen LogP contribution in [0.3, 0.4) is 0 Å². The molecule has 2 rings (SSSR count). The van der Waals surface area contributed by atoms with Gasteiger partial charge in [0.2, 0.25) is 5.91 Å². The first-order valence-electron chi connectivity index (χ1n) is 10.1. The van der Waals surface area contributed by atoms with Crippen LogP contribution in [-0.4, -0.2) is 58.1 Å². The lowest BCUT2D eigenvalue weighted by molar-refractivity contribution is -0.126. The van der Waals surface area contributed by atoms with E-state index in [0.717, 1.165) is 11.8 Å². The van der Waals surface area contributed by atoms with Crippen molar-refractivity contribution in [3.63, 3.8) is 0 Å². The summed E-state index contributed by atoms with van der Waals surface area (Å²) in [5.74, 6) is -1.90. The molecule has 2 aromatic carbocycles. The van der Waals surface area contributed by atoms with E-state index >= 15 is 0 Å². The molecule has 2 N–H and O–H groups in total. The third-order valence-corrected chi connectivity index (χ3v) is 7.35. The van der Waals surface area contributed by atoms with Gasteiger partial charge < -0.3 is 15.4 Å². The van der Waals surface area contributed by atoms with Gasteiger partial charge in [0.25, 0.3) is 5.91 Å². The molecule has 0 aliphatic carbocycles. The smallest absolute Gasteiger partial charge is 0.251 e. The highest BCUT2D eigenvalue weighted by Gasteiger charge is 2.24. The van der Waals surface area contributed by atoms with E-state index in [1.165, 1.54) is 6.07 Å². The summed E-state index contributed by atoms with van der Waals surface area (Å²) in [6.45, 7) is 0.388. The van der Waals surface area contributed by atoms with Gasteiger partial charge in [-0.2, -0.15) is 0 Å². The van der Waals surface area contributed by atoms with E-state index < -0.39 is 43.5 Å². The van der Waals surface area contributed by atoms with Gasteiger partial charge in [-0.3, -0.25) is 9.59 Å². The summed E-state index contributed by atoms with van der Waals surface area (Å²) in [5, 5.41) is 5.24. The number of anilines is 1. The Hall–Kier alpha value is -2.43. The number of benzene rings is 2. The van der Waals surface area contributed by atoms with Gasteiger partial charge in [-0.25, -0.2) is 22.8 Å². The predicted molar refractivity (Wildman–Crippen MR) is 131 cm³/mol. The molecule has 182 valence electrons. The number of ether oxygens (including phenoxy) is 1. The minimum absolute atomic E-state index is 0.260. The Morgan fingerprint density at radius 3 is 2.18 bits per heavy atom. The SMILES string of the molecule is COCc1ccc([C@@H](NC(=O)CCS(C)(=O)=O)C(=O)Nc2ccc(S(C)(C)C)c(F)c2)cc1. The number of amides is 2. The van der Waals surface area contributed by atoms with Crippen LogP contribution in [0, 0.1) is 5.82 Å². The van der Waals surface area contributed by atoms with Crippen molar-refractivity contribution >= 4 is 37.4 Å². The second-order valence-corrected chi connectivity index (χ2v) is 14.9. The number of hydrogen-bond donors (Lipinski definition) is 2. The first kappa shape index (κ1) is 26.8. The lowest BCUT2D eigenvalue weighted by Gasteiger charge is -2.26. The molecule has 0 aliphatic rings. The lowest BCUT2D eigenvalue weighted by Crippen LogP contribution is -2.37. The Morgan fingerprint density at radius 1 is 1.03 bits per heavy atom. The highest BCUT2D eigenvalue weighted by Crippen LogP contribution is 2.46. The van der Waals surface area contributed by atoms with E-state index in [9.17, 15) is 22.4 Å². The molecule has 33 heavy (non-hydrogen) atoms. The molecule has 0 aliphatic heterocycles. The largest absolute Gasteiger partial charge is 0.380 e. The van der Waals surface area contributed by atoms with Crippen LogP contribution in [-0.2, 0) is 30.8 Å². The maximum Gasteiger partial charge on any atom is 0.251 e. The molecular formula is C23H31FN2O5S2. The summed E-state index contributed by atoms with van der Waals surface area (Å²) in [7, 11) is -3.05. The van der Waals surface area contributed by atoms with Gasteiger partial charge in [0, 0.05) is 30.4 Å². The molecule has 0 saturated carbocycles. The normalized spacial score (nSPS) is 13.3. The maximum atomic E-state index is 14.6. The summed E-state index contributed by atoms with van der Waals surface area (Å²) in [6.07, 6.45) is 6.68.